The molecule has 0 radical (unpaired) electrons. The molecule has 0 aliphatic rings. The van der Waals surface area contributed by atoms with Crippen LogP contribution in [0.3, 0.4) is 0 Å². The lowest BCUT2D eigenvalue weighted by Gasteiger charge is -2.13. The molecular weight excluding hydrogens is 412 g/mol. The van der Waals surface area contributed by atoms with Gasteiger partial charge in [-0.15, -0.1) is 0 Å². The van der Waals surface area contributed by atoms with Gasteiger partial charge in [-0.05, 0) is 41.3 Å². The van der Waals surface area contributed by atoms with Gasteiger partial charge >= 0.3 is 0 Å². The number of aliphatic hydroxyl groups is 1. The van der Waals surface area contributed by atoms with E-state index < -0.39 is 6.10 Å². The van der Waals surface area contributed by atoms with E-state index in [1.165, 1.54) is 17.3 Å². The first-order valence-electron chi connectivity index (χ1n) is 10.2. The van der Waals surface area contributed by atoms with Crippen LogP contribution in [-0.2, 0) is 11.3 Å². The van der Waals surface area contributed by atoms with E-state index in [1.54, 1.807) is 20.4 Å². The van der Waals surface area contributed by atoms with Crippen LogP contribution in [0.1, 0.15) is 30.9 Å². The molecule has 0 aliphatic heterocycles. The van der Waals surface area contributed by atoms with Crippen LogP contribution in [0.25, 0.3) is 5.69 Å². The molecule has 1 aromatic heterocycles. The lowest BCUT2D eigenvalue weighted by Crippen LogP contribution is -2.18. The summed E-state index contributed by atoms with van der Waals surface area (Å²) >= 11 is 1.51. The van der Waals surface area contributed by atoms with Crippen LogP contribution in [-0.4, -0.2) is 47.3 Å². The Labute approximate surface area is 188 Å². The fraction of sp³-hybridized carbons (Fsp3) is 0.375. The minimum absolute atomic E-state index is 0.241. The Morgan fingerprint density at radius 2 is 1.77 bits per heavy atom. The molecule has 6 nitrogen and oxygen atoms in total. The van der Waals surface area contributed by atoms with E-state index in [0.29, 0.717) is 29.8 Å². The Bertz CT molecular complexity index is 956. The second-order valence-electron chi connectivity index (χ2n) is 7.50. The van der Waals surface area contributed by atoms with Crippen molar-refractivity contribution in [3.63, 3.8) is 0 Å². The van der Waals surface area contributed by atoms with Gasteiger partial charge in [0.1, 0.15) is 0 Å². The number of benzene rings is 2. The highest BCUT2D eigenvalue weighted by Gasteiger charge is 2.11. The number of ether oxygens (including phenoxy) is 3. The second kappa shape index (κ2) is 11.2. The van der Waals surface area contributed by atoms with Crippen molar-refractivity contribution in [1.82, 2.24) is 9.55 Å². The van der Waals surface area contributed by atoms with Crippen molar-refractivity contribution in [3.05, 3.63) is 66.0 Å². The minimum Gasteiger partial charge on any atom is -0.493 e. The van der Waals surface area contributed by atoms with Crippen LogP contribution in [0.5, 0.6) is 11.5 Å². The molecule has 1 unspecified atom stereocenters. The largest absolute Gasteiger partial charge is 0.493 e. The highest BCUT2D eigenvalue weighted by atomic mass is 32.2. The molecule has 3 aromatic rings. The van der Waals surface area contributed by atoms with Crippen LogP contribution in [0.2, 0.25) is 0 Å². The molecule has 0 aliphatic carbocycles. The second-order valence-corrected chi connectivity index (χ2v) is 8.48. The van der Waals surface area contributed by atoms with E-state index in [9.17, 15) is 5.11 Å². The maximum Gasteiger partial charge on any atom is 0.172 e. The summed E-state index contributed by atoms with van der Waals surface area (Å²) in [5, 5.41) is 11.2. The third-order valence-corrected chi connectivity index (χ3v) is 5.99. The van der Waals surface area contributed by atoms with E-state index in [0.717, 1.165) is 16.4 Å². The molecule has 0 amide bonds. The van der Waals surface area contributed by atoms with Gasteiger partial charge in [0.2, 0.25) is 0 Å². The number of aromatic nitrogens is 2. The Morgan fingerprint density at radius 3 is 2.45 bits per heavy atom. The van der Waals surface area contributed by atoms with Crippen molar-refractivity contribution in [2.24, 2.45) is 0 Å². The number of aliphatic hydroxyl groups excluding tert-OH is 1. The van der Waals surface area contributed by atoms with Gasteiger partial charge in [0.15, 0.2) is 16.7 Å². The number of imidazole rings is 1. The summed E-state index contributed by atoms with van der Waals surface area (Å²) in [4.78, 5) is 4.43. The summed E-state index contributed by atoms with van der Waals surface area (Å²) in [6.07, 6.45) is 3.12. The quantitative estimate of drug-likeness (QED) is 0.435. The molecule has 7 heteroatoms. The molecule has 1 heterocycles. The van der Waals surface area contributed by atoms with Gasteiger partial charge in [-0.2, -0.15) is 0 Å². The Balaban J connectivity index is 1.49. The number of methoxy groups -OCH3 is 2. The van der Waals surface area contributed by atoms with Crippen LogP contribution in [0.4, 0.5) is 0 Å². The standard InChI is InChI=1S/C24H30N2O4S/c1-17(2)19-6-8-20(9-7-19)26-12-11-25-24(26)31-16-21(27)15-30-14-18-5-10-22(28-3)23(13-18)29-4/h5-13,17,21,27H,14-16H2,1-4H3. The van der Waals surface area contributed by atoms with Crippen molar-refractivity contribution in [2.45, 2.75) is 37.6 Å². The van der Waals surface area contributed by atoms with Crippen molar-refractivity contribution >= 4 is 11.8 Å². The SMILES string of the molecule is COc1ccc(COCC(O)CSc2nccn2-c2ccc(C(C)C)cc2)cc1OC. The van der Waals surface area contributed by atoms with Crippen molar-refractivity contribution in [3.8, 4) is 17.2 Å². The van der Waals surface area contributed by atoms with Crippen LogP contribution in [0, 0.1) is 0 Å². The van der Waals surface area contributed by atoms with E-state index >= 15 is 0 Å². The molecular formula is C24H30N2O4S. The van der Waals surface area contributed by atoms with Gasteiger partial charge in [0, 0.05) is 23.8 Å². The average Bonchev–Trinajstić information content (AvgIpc) is 3.26. The molecule has 0 saturated heterocycles. The van der Waals surface area contributed by atoms with Gasteiger partial charge in [-0.25, -0.2) is 4.98 Å². The highest BCUT2D eigenvalue weighted by molar-refractivity contribution is 7.99. The Kier molecular flexibility index (Phi) is 8.40. The van der Waals surface area contributed by atoms with Crippen LogP contribution in [0.15, 0.2) is 60.0 Å². The predicted molar refractivity (Wildman–Crippen MR) is 124 cm³/mol. The molecule has 31 heavy (non-hydrogen) atoms. The third-order valence-electron chi connectivity index (χ3n) is 4.88. The van der Waals surface area contributed by atoms with Crippen LogP contribution >= 0.6 is 11.8 Å². The molecule has 2 aromatic carbocycles. The fourth-order valence-electron chi connectivity index (χ4n) is 3.11. The van der Waals surface area contributed by atoms with Gasteiger partial charge in [0.05, 0.1) is 33.5 Å². The number of rotatable bonds is 11. The fourth-order valence-corrected chi connectivity index (χ4v) is 3.99. The van der Waals surface area contributed by atoms with E-state index in [1.807, 2.05) is 29.0 Å². The number of nitrogens with zero attached hydrogens (tertiary/aromatic N) is 2. The summed E-state index contributed by atoms with van der Waals surface area (Å²) in [5.74, 6) is 2.33. The first-order chi connectivity index (χ1) is 15.0. The Hall–Kier alpha value is -2.48. The van der Waals surface area contributed by atoms with E-state index in [-0.39, 0.29) is 6.61 Å². The average molecular weight is 443 g/mol. The van der Waals surface area contributed by atoms with Crippen LogP contribution < -0.4 is 9.47 Å². The zero-order chi connectivity index (χ0) is 22.2. The maximum atomic E-state index is 10.3. The third kappa shape index (κ3) is 6.26. The first-order valence-corrected chi connectivity index (χ1v) is 11.2. The Morgan fingerprint density at radius 1 is 1.03 bits per heavy atom. The van der Waals surface area contributed by atoms with E-state index in [4.69, 9.17) is 14.2 Å². The molecule has 1 atom stereocenters. The van der Waals surface area contributed by atoms with Gasteiger partial charge in [-0.3, -0.25) is 4.57 Å². The summed E-state index contributed by atoms with van der Waals surface area (Å²) in [6.45, 7) is 4.99. The molecule has 0 fully saturated rings. The topological polar surface area (TPSA) is 65.7 Å². The summed E-state index contributed by atoms with van der Waals surface area (Å²) < 4.78 is 18.3. The van der Waals surface area contributed by atoms with Crippen molar-refractivity contribution in [1.29, 1.82) is 0 Å². The number of hydrogen-bond donors (Lipinski definition) is 1. The molecule has 3 rings (SSSR count). The minimum atomic E-state index is -0.599. The summed E-state index contributed by atoms with van der Waals surface area (Å²) in [6, 6.07) is 14.1. The van der Waals surface area contributed by atoms with E-state index in [2.05, 4.69) is 43.1 Å². The summed E-state index contributed by atoms with van der Waals surface area (Å²) in [5.41, 5.74) is 3.32. The van der Waals surface area contributed by atoms with Gasteiger partial charge < -0.3 is 19.3 Å². The predicted octanol–water partition coefficient (Wildman–Crippen LogP) is 4.68. The molecule has 0 spiro atoms. The monoisotopic (exact) mass is 442 g/mol. The smallest absolute Gasteiger partial charge is 0.172 e. The van der Waals surface area contributed by atoms with Gasteiger partial charge in [0.25, 0.3) is 0 Å². The molecule has 0 saturated carbocycles. The lowest BCUT2D eigenvalue weighted by molar-refractivity contribution is 0.0397. The maximum absolute atomic E-state index is 10.3. The molecule has 166 valence electrons. The lowest BCUT2D eigenvalue weighted by atomic mass is 10.0. The molecule has 0 bridgehead atoms. The van der Waals surface area contributed by atoms with Crippen molar-refractivity contribution in [2.75, 3.05) is 26.6 Å². The molecule has 1 N–H and O–H groups in total. The normalized spacial score (nSPS) is 12.2. The van der Waals surface area contributed by atoms with Crippen molar-refractivity contribution < 1.29 is 19.3 Å². The zero-order valence-corrected chi connectivity index (χ0v) is 19.3. The number of hydrogen-bond acceptors (Lipinski definition) is 6. The van der Waals surface area contributed by atoms with Gasteiger partial charge in [-0.1, -0.05) is 43.8 Å². The zero-order valence-electron chi connectivity index (χ0n) is 18.4. The highest BCUT2D eigenvalue weighted by Crippen LogP contribution is 2.28. The number of thioether (sulfide) groups is 1. The summed E-state index contributed by atoms with van der Waals surface area (Å²) in [7, 11) is 3.21. The first kappa shape index (κ1) is 23.2.